The number of sulfonamides is 1. The van der Waals surface area contributed by atoms with Crippen LogP contribution in [0.3, 0.4) is 0 Å². The number of rotatable bonds is 11. The van der Waals surface area contributed by atoms with Crippen LogP contribution >= 0.6 is 0 Å². The molecule has 0 aliphatic rings. The molecular formula is C27H26N2O5S. The third kappa shape index (κ3) is 7.54. The maximum Gasteiger partial charge on any atom is 0.338 e. The zero-order valence-corrected chi connectivity index (χ0v) is 19.8. The van der Waals surface area contributed by atoms with Crippen molar-refractivity contribution in [3.8, 4) is 12.3 Å². The van der Waals surface area contributed by atoms with E-state index in [4.69, 9.17) is 11.2 Å². The molecule has 0 aliphatic carbocycles. The fourth-order valence-electron chi connectivity index (χ4n) is 3.53. The summed E-state index contributed by atoms with van der Waals surface area (Å²) in [4.78, 5) is 24.5. The molecule has 35 heavy (non-hydrogen) atoms. The minimum absolute atomic E-state index is 0.00889. The fraction of sp³-hybridized carbons (Fsp3) is 0.185. The van der Waals surface area contributed by atoms with Gasteiger partial charge in [-0.1, -0.05) is 72.7 Å². The molecule has 0 heterocycles. The van der Waals surface area contributed by atoms with Crippen molar-refractivity contribution in [1.29, 1.82) is 0 Å². The molecule has 0 radical (unpaired) electrons. The molecular weight excluding hydrogens is 464 g/mol. The van der Waals surface area contributed by atoms with Gasteiger partial charge >= 0.3 is 5.97 Å². The van der Waals surface area contributed by atoms with E-state index in [1.165, 1.54) is 24.3 Å². The van der Waals surface area contributed by atoms with E-state index < -0.39 is 28.5 Å². The van der Waals surface area contributed by atoms with E-state index in [-0.39, 0.29) is 22.9 Å². The molecule has 0 fully saturated rings. The summed E-state index contributed by atoms with van der Waals surface area (Å²) in [7, 11) is -3.86. The Morgan fingerprint density at radius 1 is 0.914 bits per heavy atom. The van der Waals surface area contributed by atoms with Crippen molar-refractivity contribution < 1.29 is 22.7 Å². The van der Waals surface area contributed by atoms with Crippen molar-refractivity contribution in [2.45, 2.75) is 17.2 Å². The smallest absolute Gasteiger partial charge is 0.338 e. The van der Waals surface area contributed by atoms with Crippen molar-refractivity contribution >= 4 is 21.9 Å². The summed E-state index contributed by atoms with van der Waals surface area (Å²) in [5.74, 6) is 1.03. The largest absolute Gasteiger partial charge is 0.452 e. The summed E-state index contributed by atoms with van der Waals surface area (Å²) in [6, 6.07) is 25.4. The zero-order valence-electron chi connectivity index (χ0n) is 19.0. The van der Waals surface area contributed by atoms with Crippen molar-refractivity contribution in [3.05, 3.63) is 102 Å². The summed E-state index contributed by atoms with van der Waals surface area (Å²) in [5.41, 5.74) is 2.30. The molecule has 180 valence electrons. The summed E-state index contributed by atoms with van der Waals surface area (Å²) < 4.78 is 31.7. The molecule has 3 aromatic rings. The lowest BCUT2D eigenvalue weighted by atomic mass is 9.88. The molecule has 2 N–H and O–H groups in total. The third-order valence-electron chi connectivity index (χ3n) is 5.24. The van der Waals surface area contributed by atoms with Crippen molar-refractivity contribution in [2.24, 2.45) is 0 Å². The van der Waals surface area contributed by atoms with Crippen LogP contribution in [0.25, 0.3) is 0 Å². The SMILES string of the molecule is C#CCNS(=O)(=O)c1cccc(C(=O)OCC(=O)NCCC(c2ccccc2)c2ccccc2)c1. The molecule has 0 spiro atoms. The monoisotopic (exact) mass is 490 g/mol. The van der Waals surface area contributed by atoms with E-state index in [0.29, 0.717) is 13.0 Å². The Kier molecular flexibility index (Phi) is 9.18. The highest BCUT2D eigenvalue weighted by Gasteiger charge is 2.18. The number of amides is 1. The standard InChI is InChI=1S/C27H26N2O5S/c1-2-17-29-35(32,33)24-15-9-14-23(19-24)27(31)34-20-26(30)28-18-16-25(21-10-5-3-6-11-21)22-12-7-4-8-13-22/h1,3-15,19,25,29H,16-18,20H2,(H,28,30). The van der Waals surface area contributed by atoms with Crippen LogP contribution in [-0.2, 0) is 19.6 Å². The van der Waals surface area contributed by atoms with E-state index in [2.05, 4.69) is 40.2 Å². The van der Waals surface area contributed by atoms with Gasteiger partial charge in [-0.15, -0.1) is 6.42 Å². The van der Waals surface area contributed by atoms with Gasteiger partial charge in [-0.25, -0.2) is 13.2 Å². The van der Waals surface area contributed by atoms with Crippen LogP contribution < -0.4 is 10.0 Å². The van der Waals surface area contributed by atoms with Gasteiger partial charge in [0.2, 0.25) is 10.0 Å². The number of hydrogen-bond donors (Lipinski definition) is 2. The Morgan fingerprint density at radius 2 is 1.54 bits per heavy atom. The molecule has 0 unspecified atom stereocenters. The van der Waals surface area contributed by atoms with Gasteiger partial charge in [0.1, 0.15) is 0 Å². The normalized spacial score (nSPS) is 11.0. The molecule has 0 atom stereocenters. The van der Waals surface area contributed by atoms with Gasteiger partial charge in [0, 0.05) is 12.5 Å². The van der Waals surface area contributed by atoms with Crippen molar-refractivity contribution in [1.82, 2.24) is 10.0 Å². The maximum absolute atomic E-state index is 12.3. The maximum atomic E-state index is 12.3. The summed E-state index contributed by atoms with van der Waals surface area (Å²) >= 11 is 0. The van der Waals surface area contributed by atoms with Crippen molar-refractivity contribution in [2.75, 3.05) is 19.7 Å². The van der Waals surface area contributed by atoms with Gasteiger partial charge in [0.05, 0.1) is 17.0 Å². The van der Waals surface area contributed by atoms with E-state index in [9.17, 15) is 18.0 Å². The van der Waals surface area contributed by atoms with E-state index in [0.717, 1.165) is 11.1 Å². The average molecular weight is 491 g/mol. The van der Waals surface area contributed by atoms with Gasteiger partial charge in [-0.2, -0.15) is 4.72 Å². The number of esters is 1. The van der Waals surface area contributed by atoms with Crippen LogP contribution in [-0.4, -0.2) is 40.0 Å². The first-order chi connectivity index (χ1) is 16.9. The number of benzene rings is 3. The highest BCUT2D eigenvalue weighted by molar-refractivity contribution is 7.89. The van der Waals surface area contributed by atoms with Gasteiger partial charge in [0.25, 0.3) is 5.91 Å². The number of hydrogen-bond acceptors (Lipinski definition) is 5. The van der Waals surface area contributed by atoms with Gasteiger partial charge in [0.15, 0.2) is 6.61 Å². The fourth-order valence-corrected chi connectivity index (χ4v) is 4.51. The molecule has 1 amide bonds. The number of nitrogens with one attached hydrogen (secondary N) is 2. The van der Waals surface area contributed by atoms with E-state index in [1.807, 2.05) is 36.4 Å². The lowest BCUT2D eigenvalue weighted by molar-refractivity contribution is -0.124. The van der Waals surface area contributed by atoms with Crippen LogP contribution in [0.15, 0.2) is 89.8 Å². The second-order valence-electron chi connectivity index (χ2n) is 7.65. The minimum Gasteiger partial charge on any atom is -0.452 e. The van der Waals surface area contributed by atoms with Gasteiger partial charge in [-0.05, 0) is 35.7 Å². The highest BCUT2D eigenvalue weighted by atomic mass is 32.2. The Hall–Kier alpha value is -3.93. The summed E-state index contributed by atoms with van der Waals surface area (Å²) in [5, 5.41) is 2.78. The van der Waals surface area contributed by atoms with E-state index in [1.54, 1.807) is 0 Å². The lowest BCUT2D eigenvalue weighted by Gasteiger charge is -2.18. The molecule has 0 saturated heterocycles. The highest BCUT2D eigenvalue weighted by Crippen LogP contribution is 2.27. The predicted octanol–water partition coefficient (Wildman–Crippen LogP) is 3.09. The average Bonchev–Trinajstić information content (AvgIpc) is 2.89. The molecule has 7 nitrogen and oxygen atoms in total. The lowest BCUT2D eigenvalue weighted by Crippen LogP contribution is -2.30. The molecule has 8 heteroatoms. The first-order valence-electron chi connectivity index (χ1n) is 11.0. The summed E-state index contributed by atoms with van der Waals surface area (Å²) in [6.45, 7) is -0.265. The quantitative estimate of drug-likeness (QED) is 0.318. The second kappa shape index (κ2) is 12.5. The van der Waals surface area contributed by atoms with Crippen LogP contribution in [0.1, 0.15) is 33.8 Å². The van der Waals surface area contributed by atoms with Crippen molar-refractivity contribution in [3.63, 3.8) is 0 Å². The first kappa shape index (κ1) is 25.7. The molecule has 0 saturated carbocycles. The Balaban J connectivity index is 1.53. The number of terminal acetylenes is 1. The molecule has 0 bridgehead atoms. The minimum atomic E-state index is -3.86. The zero-order chi connectivity index (χ0) is 25.1. The molecule has 0 aromatic heterocycles. The molecule has 3 rings (SSSR count). The van der Waals surface area contributed by atoms with Gasteiger partial charge in [-0.3, -0.25) is 4.79 Å². The third-order valence-corrected chi connectivity index (χ3v) is 6.64. The Labute approximate surface area is 205 Å². The van der Waals surface area contributed by atoms with Crippen LogP contribution in [0.4, 0.5) is 0 Å². The first-order valence-corrected chi connectivity index (χ1v) is 12.5. The second-order valence-corrected chi connectivity index (χ2v) is 9.41. The number of carbonyl (C=O) groups is 2. The Bertz CT molecular complexity index is 1250. The van der Waals surface area contributed by atoms with Crippen LogP contribution in [0.2, 0.25) is 0 Å². The van der Waals surface area contributed by atoms with Crippen LogP contribution in [0.5, 0.6) is 0 Å². The van der Waals surface area contributed by atoms with Gasteiger partial charge < -0.3 is 10.1 Å². The predicted molar refractivity (Wildman–Crippen MR) is 133 cm³/mol. The molecule has 0 aliphatic heterocycles. The van der Waals surface area contributed by atoms with Crippen LogP contribution in [0, 0.1) is 12.3 Å². The topological polar surface area (TPSA) is 102 Å². The van der Waals surface area contributed by atoms with E-state index >= 15 is 0 Å². The Morgan fingerprint density at radius 3 is 2.14 bits per heavy atom. The molecule has 3 aromatic carbocycles. The summed E-state index contributed by atoms with van der Waals surface area (Å²) in [6.07, 6.45) is 5.75. The number of ether oxygens (including phenoxy) is 1. The number of carbonyl (C=O) groups excluding carboxylic acids is 2.